The number of carbonyl (C=O) groups is 2. The van der Waals surface area contributed by atoms with E-state index in [1.807, 2.05) is 6.92 Å². The number of imide groups is 1. The zero-order valence-corrected chi connectivity index (χ0v) is 8.43. The number of amides is 2. The van der Waals surface area contributed by atoms with Gasteiger partial charge in [0.2, 0.25) is 0 Å². The fourth-order valence-electron chi connectivity index (χ4n) is 1.46. The zero-order chi connectivity index (χ0) is 10.7. The molecule has 14 heavy (non-hydrogen) atoms. The Morgan fingerprint density at radius 2 is 1.71 bits per heavy atom. The van der Waals surface area contributed by atoms with Gasteiger partial charge in [-0.25, -0.2) is 0 Å². The Hall–Kier alpha value is -1.16. The zero-order valence-electron chi connectivity index (χ0n) is 8.43. The molecule has 0 aromatic carbocycles. The summed E-state index contributed by atoms with van der Waals surface area (Å²) in [5.41, 5.74) is 0. The second-order valence-corrected chi connectivity index (χ2v) is 3.66. The van der Waals surface area contributed by atoms with E-state index in [9.17, 15) is 9.59 Å². The largest absolute Gasteiger partial charge is 0.393 e. The highest BCUT2D eigenvalue weighted by Gasteiger charge is 2.27. The first-order valence-electron chi connectivity index (χ1n) is 4.75. The molecule has 4 nitrogen and oxygen atoms in total. The molecule has 0 aliphatic carbocycles. The second kappa shape index (κ2) is 4.37. The second-order valence-electron chi connectivity index (χ2n) is 3.66. The monoisotopic (exact) mass is 197 g/mol. The lowest BCUT2D eigenvalue weighted by molar-refractivity contribution is -0.139. The molecule has 1 heterocycles. The van der Waals surface area contributed by atoms with E-state index in [0.29, 0.717) is 12.8 Å². The number of hydrogen-bond acceptors (Lipinski definition) is 3. The van der Waals surface area contributed by atoms with Crippen molar-refractivity contribution in [3.05, 3.63) is 12.2 Å². The van der Waals surface area contributed by atoms with Crippen LogP contribution in [0.2, 0.25) is 0 Å². The van der Waals surface area contributed by atoms with Crippen LogP contribution in [0.1, 0.15) is 26.7 Å². The van der Waals surface area contributed by atoms with E-state index in [4.69, 9.17) is 5.11 Å². The third kappa shape index (κ3) is 2.42. The summed E-state index contributed by atoms with van der Waals surface area (Å²) in [4.78, 5) is 23.7. The van der Waals surface area contributed by atoms with Gasteiger partial charge in [0.15, 0.2) is 0 Å². The molecule has 0 fully saturated rings. The standard InChI is InChI=1S/C10H15NO3/c1-7(3-4-8(2)12)11-9(13)5-6-10(11)14/h5-8,12H,3-4H2,1-2H3. The van der Waals surface area contributed by atoms with Crippen LogP contribution in [0.5, 0.6) is 0 Å². The van der Waals surface area contributed by atoms with Gasteiger partial charge in [0.25, 0.3) is 11.8 Å². The summed E-state index contributed by atoms with van der Waals surface area (Å²) in [7, 11) is 0. The van der Waals surface area contributed by atoms with Crippen LogP contribution >= 0.6 is 0 Å². The van der Waals surface area contributed by atoms with Crippen molar-refractivity contribution in [2.75, 3.05) is 0 Å². The van der Waals surface area contributed by atoms with Crippen LogP contribution in [-0.2, 0) is 9.59 Å². The Morgan fingerprint density at radius 1 is 1.21 bits per heavy atom. The summed E-state index contributed by atoms with van der Waals surface area (Å²) < 4.78 is 0. The van der Waals surface area contributed by atoms with Gasteiger partial charge in [-0.15, -0.1) is 0 Å². The Kier molecular flexibility index (Phi) is 3.41. The summed E-state index contributed by atoms with van der Waals surface area (Å²) in [6.45, 7) is 3.50. The molecular formula is C10H15NO3. The minimum absolute atomic E-state index is 0.139. The topological polar surface area (TPSA) is 57.6 Å². The average Bonchev–Trinajstić information content (AvgIpc) is 2.42. The van der Waals surface area contributed by atoms with Gasteiger partial charge in [0.05, 0.1) is 6.10 Å². The van der Waals surface area contributed by atoms with Crippen LogP contribution < -0.4 is 0 Å². The summed E-state index contributed by atoms with van der Waals surface area (Å²) in [6.07, 6.45) is 3.40. The smallest absolute Gasteiger partial charge is 0.253 e. The molecule has 0 saturated carbocycles. The van der Waals surface area contributed by atoms with Crippen molar-refractivity contribution in [3.8, 4) is 0 Å². The maximum absolute atomic E-state index is 11.2. The summed E-state index contributed by atoms with van der Waals surface area (Å²) in [5, 5.41) is 9.07. The van der Waals surface area contributed by atoms with Crippen LogP contribution in [0.25, 0.3) is 0 Å². The molecule has 2 unspecified atom stereocenters. The van der Waals surface area contributed by atoms with Crippen molar-refractivity contribution in [2.45, 2.75) is 38.8 Å². The van der Waals surface area contributed by atoms with Crippen molar-refractivity contribution in [1.82, 2.24) is 4.90 Å². The Morgan fingerprint density at radius 3 is 2.14 bits per heavy atom. The lowest BCUT2D eigenvalue weighted by Crippen LogP contribution is -2.38. The van der Waals surface area contributed by atoms with Crippen molar-refractivity contribution in [1.29, 1.82) is 0 Å². The predicted molar refractivity (Wildman–Crippen MR) is 51.4 cm³/mol. The third-order valence-electron chi connectivity index (χ3n) is 2.29. The van der Waals surface area contributed by atoms with E-state index in [1.165, 1.54) is 17.1 Å². The molecule has 0 radical (unpaired) electrons. The minimum atomic E-state index is -0.391. The molecule has 1 aliphatic rings. The Bertz CT molecular complexity index is 253. The number of nitrogens with zero attached hydrogens (tertiary/aromatic N) is 1. The van der Waals surface area contributed by atoms with E-state index < -0.39 is 6.10 Å². The Balaban J connectivity index is 2.48. The molecule has 1 rings (SSSR count). The van der Waals surface area contributed by atoms with E-state index in [0.717, 1.165) is 0 Å². The SMILES string of the molecule is CC(O)CCC(C)N1C(=O)C=CC1=O. The average molecular weight is 197 g/mol. The minimum Gasteiger partial charge on any atom is -0.393 e. The predicted octanol–water partition coefficient (Wildman–Crippen LogP) is 0.461. The fourth-order valence-corrected chi connectivity index (χ4v) is 1.46. The quantitative estimate of drug-likeness (QED) is 0.666. The maximum Gasteiger partial charge on any atom is 0.253 e. The van der Waals surface area contributed by atoms with Gasteiger partial charge < -0.3 is 5.11 Å². The van der Waals surface area contributed by atoms with Crippen LogP contribution in [0.15, 0.2) is 12.2 Å². The molecule has 78 valence electrons. The van der Waals surface area contributed by atoms with Crippen LogP contribution in [0.4, 0.5) is 0 Å². The van der Waals surface area contributed by atoms with Gasteiger partial charge in [-0.2, -0.15) is 0 Å². The first-order chi connectivity index (χ1) is 6.52. The van der Waals surface area contributed by atoms with Crippen molar-refractivity contribution < 1.29 is 14.7 Å². The number of carbonyl (C=O) groups excluding carboxylic acids is 2. The lowest BCUT2D eigenvalue weighted by Gasteiger charge is -2.22. The molecule has 1 aliphatic heterocycles. The molecule has 2 atom stereocenters. The van der Waals surface area contributed by atoms with E-state index in [2.05, 4.69) is 0 Å². The molecule has 0 spiro atoms. The van der Waals surface area contributed by atoms with E-state index in [1.54, 1.807) is 6.92 Å². The molecule has 0 aromatic rings. The van der Waals surface area contributed by atoms with Crippen LogP contribution in [-0.4, -0.2) is 34.0 Å². The van der Waals surface area contributed by atoms with Gasteiger partial charge in [0.1, 0.15) is 0 Å². The summed E-state index contributed by atoms with van der Waals surface area (Å²) in [6, 6.07) is -0.139. The van der Waals surface area contributed by atoms with Gasteiger partial charge in [-0.1, -0.05) is 0 Å². The molecule has 4 heteroatoms. The maximum atomic E-state index is 11.2. The lowest BCUT2D eigenvalue weighted by atomic mass is 10.1. The van der Waals surface area contributed by atoms with E-state index >= 15 is 0 Å². The van der Waals surface area contributed by atoms with Crippen LogP contribution in [0.3, 0.4) is 0 Å². The van der Waals surface area contributed by atoms with Crippen LogP contribution in [0, 0.1) is 0 Å². The first-order valence-corrected chi connectivity index (χ1v) is 4.75. The van der Waals surface area contributed by atoms with Crippen molar-refractivity contribution >= 4 is 11.8 Å². The Labute approximate surface area is 83.2 Å². The highest BCUT2D eigenvalue weighted by molar-refractivity contribution is 6.13. The van der Waals surface area contributed by atoms with E-state index in [-0.39, 0.29) is 17.9 Å². The number of rotatable bonds is 4. The molecule has 1 N–H and O–H groups in total. The highest BCUT2D eigenvalue weighted by Crippen LogP contribution is 2.13. The highest BCUT2D eigenvalue weighted by atomic mass is 16.3. The van der Waals surface area contributed by atoms with Crippen molar-refractivity contribution in [2.24, 2.45) is 0 Å². The van der Waals surface area contributed by atoms with Gasteiger partial charge >= 0.3 is 0 Å². The molecule has 0 saturated heterocycles. The number of aliphatic hydroxyl groups excluding tert-OH is 1. The summed E-state index contributed by atoms with van der Waals surface area (Å²) >= 11 is 0. The first kappa shape index (κ1) is 10.9. The molecule has 0 aromatic heterocycles. The molecule has 2 amide bonds. The van der Waals surface area contributed by atoms with Gasteiger partial charge in [0, 0.05) is 18.2 Å². The molecular weight excluding hydrogens is 182 g/mol. The third-order valence-corrected chi connectivity index (χ3v) is 2.29. The number of aliphatic hydroxyl groups is 1. The summed E-state index contributed by atoms with van der Waals surface area (Å²) in [5.74, 6) is -0.513. The fraction of sp³-hybridized carbons (Fsp3) is 0.600. The normalized spacial score (nSPS) is 20.4. The van der Waals surface area contributed by atoms with Crippen molar-refractivity contribution in [3.63, 3.8) is 0 Å². The van der Waals surface area contributed by atoms with Gasteiger partial charge in [-0.3, -0.25) is 14.5 Å². The number of hydrogen-bond donors (Lipinski definition) is 1. The van der Waals surface area contributed by atoms with Gasteiger partial charge in [-0.05, 0) is 26.7 Å². The molecule has 0 bridgehead atoms.